The Labute approximate surface area is 180 Å². The summed E-state index contributed by atoms with van der Waals surface area (Å²) in [5.74, 6) is -0.588. The molecule has 0 saturated carbocycles. The molecule has 0 spiro atoms. The van der Waals surface area contributed by atoms with Gasteiger partial charge in [0, 0.05) is 37.3 Å². The fraction of sp³-hybridized carbons (Fsp3) is 0.190. The van der Waals surface area contributed by atoms with Crippen molar-refractivity contribution < 1.29 is 14.1 Å². The van der Waals surface area contributed by atoms with Crippen LogP contribution in [-0.4, -0.2) is 20.4 Å². The Morgan fingerprint density at radius 1 is 1.23 bits per heavy atom. The summed E-state index contributed by atoms with van der Waals surface area (Å²) in [7, 11) is 1.67. The van der Waals surface area contributed by atoms with E-state index >= 15 is 0 Å². The molecule has 4 rings (SSSR count). The number of nitro groups is 1. The molecule has 1 unspecified atom stereocenters. The predicted molar refractivity (Wildman–Crippen MR) is 114 cm³/mol. The molecule has 1 atom stereocenters. The number of nitrogens with zero attached hydrogens (tertiary/aromatic N) is 3. The summed E-state index contributed by atoms with van der Waals surface area (Å²) < 4.78 is 15.5. The zero-order valence-corrected chi connectivity index (χ0v) is 17.2. The highest BCUT2D eigenvalue weighted by Crippen LogP contribution is 2.36. The van der Waals surface area contributed by atoms with Gasteiger partial charge >= 0.3 is 0 Å². The molecule has 8 nitrogen and oxygen atoms in total. The first-order valence-electron chi connectivity index (χ1n) is 9.36. The third kappa shape index (κ3) is 4.06. The van der Waals surface area contributed by atoms with Crippen LogP contribution in [0.15, 0.2) is 58.5 Å². The van der Waals surface area contributed by atoms with Crippen molar-refractivity contribution in [3.8, 4) is 0 Å². The molecule has 10 heteroatoms. The number of aromatic nitrogens is 2. The Bertz CT molecular complexity index is 1240. The van der Waals surface area contributed by atoms with Gasteiger partial charge in [0.15, 0.2) is 5.16 Å². The minimum Gasteiger partial charge on any atom is -0.312 e. The number of benzene rings is 2. The van der Waals surface area contributed by atoms with E-state index in [4.69, 9.17) is 0 Å². The minimum atomic E-state index is -0.568. The van der Waals surface area contributed by atoms with E-state index in [1.807, 2.05) is 0 Å². The lowest BCUT2D eigenvalue weighted by Gasteiger charge is -2.27. The molecular formula is C21H17FN4O4S. The fourth-order valence-electron chi connectivity index (χ4n) is 3.54. The van der Waals surface area contributed by atoms with Crippen LogP contribution in [0.1, 0.15) is 29.0 Å². The van der Waals surface area contributed by atoms with Crippen molar-refractivity contribution >= 4 is 29.2 Å². The Hall–Kier alpha value is -3.53. The van der Waals surface area contributed by atoms with E-state index in [2.05, 4.69) is 10.3 Å². The van der Waals surface area contributed by atoms with Gasteiger partial charge in [-0.15, -0.1) is 0 Å². The summed E-state index contributed by atoms with van der Waals surface area (Å²) in [6.45, 7) is 0. The molecule has 1 N–H and O–H groups in total. The number of rotatable bonds is 5. The van der Waals surface area contributed by atoms with Crippen LogP contribution in [0.2, 0.25) is 0 Å². The number of thioether (sulfide) groups is 1. The lowest BCUT2D eigenvalue weighted by Crippen LogP contribution is -2.33. The molecule has 0 radical (unpaired) electrons. The van der Waals surface area contributed by atoms with Crippen molar-refractivity contribution in [3.63, 3.8) is 0 Å². The Morgan fingerprint density at radius 2 is 1.94 bits per heavy atom. The SMILES string of the molecule is Cn1c(SCc2ccccc2F)nc(=O)c2c1NC(=O)CC2c1ccc([N+](=O)[O-])cc1. The molecule has 2 heterocycles. The Morgan fingerprint density at radius 3 is 2.61 bits per heavy atom. The van der Waals surface area contributed by atoms with Gasteiger partial charge in [0.25, 0.3) is 11.2 Å². The molecule has 1 amide bonds. The van der Waals surface area contributed by atoms with Gasteiger partial charge in [-0.25, -0.2) is 4.39 Å². The van der Waals surface area contributed by atoms with Gasteiger partial charge in [-0.1, -0.05) is 42.1 Å². The molecule has 0 aliphatic carbocycles. The minimum absolute atomic E-state index is 0.0312. The first-order chi connectivity index (χ1) is 14.8. The zero-order chi connectivity index (χ0) is 22.1. The standard InChI is InChI=1S/C21H17FN4O4S/c1-25-19-18(20(28)24-21(25)31-11-13-4-2-3-5-16(13)22)15(10-17(27)23-19)12-6-8-14(9-7-12)26(29)30/h2-9,15H,10-11H2,1H3,(H,23,27). The van der Waals surface area contributed by atoms with Crippen molar-refractivity contribution in [2.45, 2.75) is 23.2 Å². The van der Waals surface area contributed by atoms with Crippen molar-refractivity contribution in [3.05, 3.63) is 91.5 Å². The molecule has 158 valence electrons. The van der Waals surface area contributed by atoms with Crippen LogP contribution >= 0.6 is 11.8 Å². The second-order valence-electron chi connectivity index (χ2n) is 7.05. The maximum Gasteiger partial charge on any atom is 0.279 e. The number of anilines is 1. The van der Waals surface area contributed by atoms with Crippen molar-refractivity contribution in [2.24, 2.45) is 7.05 Å². The normalized spacial score (nSPS) is 15.3. The van der Waals surface area contributed by atoms with Crippen LogP contribution in [0.4, 0.5) is 15.9 Å². The number of nitro benzene ring substituents is 1. The van der Waals surface area contributed by atoms with Crippen LogP contribution < -0.4 is 10.9 Å². The quantitative estimate of drug-likeness (QED) is 0.281. The van der Waals surface area contributed by atoms with Gasteiger partial charge in [-0.05, 0) is 17.2 Å². The van der Waals surface area contributed by atoms with Gasteiger partial charge in [-0.3, -0.25) is 19.7 Å². The van der Waals surface area contributed by atoms with Crippen LogP contribution in [0, 0.1) is 15.9 Å². The van der Waals surface area contributed by atoms with E-state index in [0.717, 1.165) is 0 Å². The van der Waals surface area contributed by atoms with E-state index in [0.29, 0.717) is 27.7 Å². The van der Waals surface area contributed by atoms with Crippen molar-refractivity contribution in [2.75, 3.05) is 5.32 Å². The average Bonchev–Trinajstić information content (AvgIpc) is 2.75. The van der Waals surface area contributed by atoms with Crippen LogP contribution in [0.25, 0.3) is 0 Å². The predicted octanol–water partition coefficient (Wildman–Crippen LogP) is 3.59. The molecule has 31 heavy (non-hydrogen) atoms. The Kier molecular flexibility index (Phi) is 5.55. The van der Waals surface area contributed by atoms with Gasteiger partial charge in [0.2, 0.25) is 5.91 Å². The van der Waals surface area contributed by atoms with Crippen LogP contribution in [0.5, 0.6) is 0 Å². The molecular weight excluding hydrogens is 423 g/mol. The largest absolute Gasteiger partial charge is 0.312 e. The van der Waals surface area contributed by atoms with Crippen molar-refractivity contribution in [1.29, 1.82) is 0 Å². The number of carbonyl (C=O) groups excluding carboxylic acids is 1. The first kappa shape index (κ1) is 20.7. The molecule has 0 bridgehead atoms. The molecule has 2 aromatic carbocycles. The van der Waals surface area contributed by atoms with E-state index < -0.39 is 16.4 Å². The molecule has 3 aromatic rings. The number of nitrogens with one attached hydrogen (secondary N) is 1. The second-order valence-corrected chi connectivity index (χ2v) is 8.00. The molecule has 1 aromatic heterocycles. The van der Waals surface area contributed by atoms with Gasteiger partial charge in [0.1, 0.15) is 11.6 Å². The highest BCUT2D eigenvalue weighted by atomic mass is 32.2. The highest BCUT2D eigenvalue weighted by Gasteiger charge is 2.32. The smallest absolute Gasteiger partial charge is 0.279 e. The van der Waals surface area contributed by atoms with Crippen LogP contribution in [-0.2, 0) is 17.6 Å². The summed E-state index contributed by atoms with van der Waals surface area (Å²) in [5.41, 5.74) is 0.855. The third-order valence-electron chi connectivity index (χ3n) is 5.12. The summed E-state index contributed by atoms with van der Waals surface area (Å²) in [4.78, 5) is 39.9. The van der Waals surface area contributed by atoms with Crippen molar-refractivity contribution in [1.82, 2.24) is 9.55 Å². The van der Waals surface area contributed by atoms with Gasteiger partial charge < -0.3 is 9.88 Å². The third-order valence-corrected chi connectivity index (χ3v) is 6.20. The zero-order valence-electron chi connectivity index (χ0n) is 16.4. The summed E-state index contributed by atoms with van der Waals surface area (Å²) >= 11 is 1.19. The number of hydrogen-bond acceptors (Lipinski definition) is 6. The summed E-state index contributed by atoms with van der Waals surface area (Å²) in [6.07, 6.45) is 0.0312. The molecule has 0 saturated heterocycles. The van der Waals surface area contributed by atoms with E-state index in [9.17, 15) is 24.1 Å². The molecule has 1 aliphatic rings. The first-order valence-corrected chi connectivity index (χ1v) is 10.3. The van der Waals surface area contributed by atoms with E-state index in [1.165, 1.54) is 30.0 Å². The van der Waals surface area contributed by atoms with Gasteiger partial charge in [0.05, 0.1) is 10.5 Å². The number of amides is 1. The topological polar surface area (TPSA) is 107 Å². The fourth-order valence-corrected chi connectivity index (χ4v) is 4.49. The Balaban J connectivity index is 1.71. The highest BCUT2D eigenvalue weighted by molar-refractivity contribution is 7.98. The van der Waals surface area contributed by atoms with Crippen LogP contribution in [0.3, 0.4) is 0 Å². The van der Waals surface area contributed by atoms with Gasteiger partial charge in [-0.2, -0.15) is 4.98 Å². The monoisotopic (exact) mass is 440 g/mol. The van der Waals surface area contributed by atoms with E-state index in [1.54, 1.807) is 41.9 Å². The van der Waals surface area contributed by atoms with E-state index in [-0.39, 0.29) is 29.6 Å². The maximum absolute atomic E-state index is 13.9. The second kappa shape index (κ2) is 8.31. The molecule has 1 aliphatic heterocycles. The maximum atomic E-state index is 13.9. The molecule has 0 fully saturated rings. The summed E-state index contributed by atoms with van der Waals surface area (Å²) in [6, 6.07) is 12.1. The summed E-state index contributed by atoms with van der Waals surface area (Å²) in [5, 5.41) is 14.0. The lowest BCUT2D eigenvalue weighted by molar-refractivity contribution is -0.384. The number of carbonyl (C=O) groups is 1. The number of hydrogen-bond donors (Lipinski definition) is 1. The number of fused-ring (bicyclic) bond motifs is 1. The number of non-ortho nitro benzene ring substituents is 1. The lowest BCUT2D eigenvalue weighted by atomic mass is 9.86. The average molecular weight is 440 g/mol. The number of halogens is 1.